The number of hydrogen-bond donors (Lipinski definition) is 0. The van der Waals surface area contributed by atoms with Gasteiger partial charge >= 0.3 is 5.97 Å². The number of allylic oxidation sites excluding steroid dienone is 1. The lowest BCUT2D eigenvalue weighted by Crippen LogP contribution is -2.49. The van der Waals surface area contributed by atoms with Gasteiger partial charge in [-0.1, -0.05) is 11.6 Å². The van der Waals surface area contributed by atoms with Crippen LogP contribution in [0.25, 0.3) is 0 Å². The minimum atomic E-state index is -0.445. The van der Waals surface area contributed by atoms with E-state index in [-0.39, 0.29) is 12.1 Å². The molecule has 2 atom stereocenters. The van der Waals surface area contributed by atoms with Crippen molar-refractivity contribution in [1.82, 2.24) is 4.90 Å². The van der Waals surface area contributed by atoms with Gasteiger partial charge in [-0.3, -0.25) is 4.90 Å². The van der Waals surface area contributed by atoms with E-state index in [0.29, 0.717) is 6.54 Å². The summed E-state index contributed by atoms with van der Waals surface area (Å²) in [5.74, 6) is -0.284. The van der Waals surface area contributed by atoms with E-state index in [0.717, 1.165) is 13.1 Å². The number of methoxy groups -OCH3 is 1. The van der Waals surface area contributed by atoms with Crippen LogP contribution < -0.4 is 0 Å². The van der Waals surface area contributed by atoms with Crippen LogP contribution in [0.3, 0.4) is 0 Å². The van der Waals surface area contributed by atoms with E-state index < -0.39 is 6.10 Å². The Morgan fingerprint density at radius 1 is 1.50 bits per heavy atom. The molecule has 1 fully saturated rings. The van der Waals surface area contributed by atoms with Crippen molar-refractivity contribution in [3.05, 3.63) is 11.6 Å². The molecule has 0 bridgehead atoms. The predicted octanol–water partition coefficient (Wildman–Crippen LogP) is 1.21. The first-order valence-electron chi connectivity index (χ1n) is 5.62. The molecule has 1 unspecified atom stereocenters. The molecule has 1 aliphatic heterocycles. The summed E-state index contributed by atoms with van der Waals surface area (Å²) in [5.41, 5.74) is 1.29. The molecule has 0 aromatic carbocycles. The maximum atomic E-state index is 11.4. The lowest BCUT2D eigenvalue weighted by atomic mass is 10.2. The van der Waals surface area contributed by atoms with Gasteiger partial charge < -0.3 is 9.47 Å². The van der Waals surface area contributed by atoms with Gasteiger partial charge in [0.15, 0.2) is 6.10 Å². The molecular formula is C12H21NO3. The minimum Gasteiger partial charge on any atom is -0.467 e. The fourth-order valence-electron chi connectivity index (χ4n) is 1.76. The molecular weight excluding hydrogens is 206 g/mol. The molecule has 1 aliphatic rings. The van der Waals surface area contributed by atoms with Crippen LogP contribution in [0.4, 0.5) is 0 Å². The number of carbonyl (C=O) groups excluding carboxylic acids is 1. The van der Waals surface area contributed by atoms with E-state index in [1.807, 2.05) is 6.92 Å². The Bertz CT molecular complexity index is 271. The van der Waals surface area contributed by atoms with Crippen LogP contribution in [-0.2, 0) is 14.3 Å². The summed E-state index contributed by atoms with van der Waals surface area (Å²) >= 11 is 0. The van der Waals surface area contributed by atoms with Crippen LogP contribution in [0.15, 0.2) is 11.6 Å². The Balaban J connectivity index is 2.54. The maximum absolute atomic E-state index is 11.4. The van der Waals surface area contributed by atoms with Crippen LogP contribution in [0.5, 0.6) is 0 Å². The lowest BCUT2D eigenvalue weighted by Gasteiger charge is -2.34. The van der Waals surface area contributed by atoms with Gasteiger partial charge in [-0.25, -0.2) is 4.79 Å². The summed E-state index contributed by atoms with van der Waals surface area (Å²) in [7, 11) is 1.39. The molecule has 92 valence electrons. The number of morpholine rings is 1. The molecule has 0 aromatic heterocycles. The van der Waals surface area contributed by atoms with E-state index in [9.17, 15) is 4.79 Å². The van der Waals surface area contributed by atoms with Crippen molar-refractivity contribution < 1.29 is 14.3 Å². The molecule has 0 aliphatic carbocycles. The summed E-state index contributed by atoms with van der Waals surface area (Å²) in [5, 5.41) is 0. The number of nitrogens with zero attached hydrogens (tertiary/aromatic N) is 1. The number of rotatable bonds is 3. The third-order valence-corrected chi connectivity index (χ3v) is 2.56. The van der Waals surface area contributed by atoms with Crippen LogP contribution in [0.1, 0.15) is 20.8 Å². The highest BCUT2D eigenvalue weighted by atomic mass is 16.6. The Morgan fingerprint density at radius 2 is 2.19 bits per heavy atom. The van der Waals surface area contributed by atoms with E-state index in [1.54, 1.807) is 0 Å². The van der Waals surface area contributed by atoms with Crippen molar-refractivity contribution in [3.63, 3.8) is 0 Å². The number of ether oxygens (including phenoxy) is 2. The zero-order chi connectivity index (χ0) is 12.1. The van der Waals surface area contributed by atoms with Crippen LogP contribution in [0, 0.1) is 0 Å². The normalized spacial score (nSPS) is 26.2. The van der Waals surface area contributed by atoms with Crippen molar-refractivity contribution in [2.75, 3.05) is 26.7 Å². The average molecular weight is 227 g/mol. The van der Waals surface area contributed by atoms with E-state index in [2.05, 4.69) is 24.8 Å². The van der Waals surface area contributed by atoms with Gasteiger partial charge in [-0.2, -0.15) is 0 Å². The zero-order valence-electron chi connectivity index (χ0n) is 10.5. The van der Waals surface area contributed by atoms with Crippen molar-refractivity contribution in [2.24, 2.45) is 0 Å². The molecule has 4 heteroatoms. The maximum Gasteiger partial charge on any atom is 0.336 e. The largest absolute Gasteiger partial charge is 0.467 e. The smallest absolute Gasteiger partial charge is 0.336 e. The standard InChI is InChI=1S/C12H21NO3/c1-9(2)5-6-13-7-10(3)16-11(8-13)12(14)15-4/h5,10-11H,6-8H2,1-4H3/t10-,11?/m1/s1. The Kier molecular flexibility index (Phi) is 4.96. The molecule has 0 radical (unpaired) electrons. The third-order valence-electron chi connectivity index (χ3n) is 2.56. The Hall–Kier alpha value is -0.870. The van der Waals surface area contributed by atoms with Gasteiger partial charge in [0.2, 0.25) is 0 Å². The first-order valence-corrected chi connectivity index (χ1v) is 5.62. The Labute approximate surface area is 97.2 Å². The van der Waals surface area contributed by atoms with Crippen LogP contribution in [-0.4, -0.2) is 49.8 Å². The van der Waals surface area contributed by atoms with E-state index in [1.165, 1.54) is 12.7 Å². The molecule has 4 nitrogen and oxygen atoms in total. The van der Waals surface area contributed by atoms with Gasteiger partial charge in [0.05, 0.1) is 13.2 Å². The molecule has 0 amide bonds. The summed E-state index contributed by atoms with van der Waals surface area (Å²) in [6.07, 6.45) is 1.79. The van der Waals surface area contributed by atoms with Gasteiger partial charge in [0.25, 0.3) is 0 Å². The predicted molar refractivity (Wildman–Crippen MR) is 62.2 cm³/mol. The highest BCUT2D eigenvalue weighted by molar-refractivity contribution is 5.74. The second kappa shape index (κ2) is 6.01. The topological polar surface area (TPSA) is 38.8 Å². The first kappa shape index (κ1) is 13.2. The monoisotopic (exact) mass is 227 g/mol. The molecule has 1 heterocycles. The van der Waals surface area contributed by atoms with Crippen molar-refractivity contribution in [3.8, 4) is 0 Å². The van der Waals surface area contributed by atoms with Crippen LogP contribution >= 0.6 is 0 Å². The molecule has 0 aromatic rings. The number of hydrogen-bond acceptors (Lipinski definition) is 4. The Morgan fingerprint density at radius 3 is 2.75 bits per heavy atom. The SMILES string of the molecule is COC(=O)C1CN(CC=C(C)C)C[C@@H](C)O1. The van der Waals surface area contributed by atoms with Crippen LogP contribution in [0.2, 0.25) is 0 Å². The third kappa shape index (κ3) is 3.94. The lowest BCUT2D eigenvalue weighted by molar-refractivity contribution is -0.165. The molecule has 16 heavy (non-hydrogen) atoms. The zero-order valence-corrected chi connectivity index (χ0v) is 10.5. The van der Waals surface area contributed by atoms with Crippen molar-refractivity contribution >= 4 is 5.97 Å². The summed E-state index contributed by atoms with van der Waals surface area (Å²) in [4.78, 5) is 13.6. The van der Waals surface area contributed by atoms with Gasteiger partial charge in [-0.15, -0.1) is 0 Å². The highest BCUT2D eigenvalue weighted by Gasteiger charge is 2.30. The average Bonchev–Trinajstić information content (AvgIpc) is 2.24. The van der Waals surface area contributed by atoms with Crippen molar-refractivity contribution in [1.29, 1.82) is 0 Å². The van der Waals surface area contributed by atoms with Crippen molar-refractivity contribution in [2.45, 2.75) is 33.0 Å². The molecule has 1 saturated heterocycles. The van der Waals surface area contributed by atoms with Gasteiger partial charge in [0, 0.05) is 19.6 Å². The van der Waals surface area contributed by atoms with E-state index >= 15 is 0 Å². The summed E-state index contributed by atoms with van der Waals surface area (Å²) in [6, 6.07) is 0. The quantitative estimate of drug-likeness (QED) is 0.536. The highest BCUT2D eigenvalue weighted by Crippen LogP contribution is 2.12. The number of carbonyl (C=O) groups is 1. The minimum absolute atomic E-state index is 0.0726. The number of esters is 1. The summed E-state index contributed by atoms with van der Waals surface area (Å²) in [6.45, 7) is 8.45. The van der Waals surface area contributed by atoms with Gasteiger partial charge in [0.1, 0.15) is 0 Å². The second-order valence-corrected chi connectivity index (χ2v) is 4.46. The van der Waals surface area contributed by atoms with E-state index in [4.69, 9.17) is 9.47 Å². The fourth-order valence-corrected chi connectivity index (χ4v) is 1.76. The molecule has 0 spiro atoms. The molecule has 0 N–H and O–H groups in total. The first-order chi connectivity index (χ1) is 7.52. The fraction of sp³-hybridized carbons (Fsp3) is 0.750. The molecule has 1 rings (SSSR count). The van der Waals surface area contributed by atoms with Gasteiger partial charge in [-0.05, 0) is 20.8 Å². The molecule has 0 saturated carbocycles. The summed E-state index contributed by atoms with van der Waals surface area (Å²) < 4.78 is 10.2. The second-order valence-electron chi connectivity index (χ2n) is 4.46.